The van der Waals surface area contributed by atoms with E-state index in [2.05, 4.69) is 21.7 Å². The summed E-state index contributed by atoms with van der Waals surface area (Å²) in [6.07, 6.45) is 4.99. The second kappa shape index (κ2) is 7.90. The smallest absolute Gasteiger partial charge is 0.323 e. The van der Waals surface area contributed by atoms with Crippen molar-refractivity contribution in [1.29, 1.82) is 0 Å². The highest BCUT2D eigenvalue weighted by Crippen LogP contribution is 2.52. The molecule has 37 heavy (non-hydrogen) atoms. The number of carboxylic acids is 1. The van der Waals surface area contributed by atoms with Crippen LogP contribution in [0.4, 0.5) is 5.82 Å². The van der Waals surface area contributed by atoms with Crippen LogP contribution in [0.25, 0.3) is 22.2 Å². The van der Waals surface area contributed by atoms with Gasteiger partial charge in [-0.1, -0.05) is 18.2 Å². The molecule has 0 unspecified atom stereocenters. The van der Waals surface area contributed by atoms with Crippen molar-refractivity contribution in [1.82, 2.24) is 19.4 Å². The Morgan fingerprint density at radius 1 is 1.11 bits per heavy atom. The van der Waals surface area contributed by atoms with Gasteiger partial charge in [-0.3, -0.25) is 9.59 Å². The van der Waals surface area contributed by atoms with Gasteiger partial charge in [0.15, 0.2) is 0 Å². The number of aromatic nitrogens is 3. The van der Waals surface area contributed by atoms with Crippen molar-refractivity contribution in [3.8, 4) is 11.1 Å². The van der Waals surface area contributed by atoms with Crippen LogP contribution in [-0.2, 0) is 4.79 Å². The number of nitrogens with zero attached hydrogens (tertiary/aromatic N) is 5. The summed E-state index contributed by atoms with van der Waals surface area (Å²) in [4.78, 5) is 37.5. The quantitative estimate of drug-likeness (QED) is 0.436. The number of hydrogen-bond donors (Lipinski definition) is 1. The molecule has 186 valence electrons. The zero-order valence-electron chi connectivity index (χ0n) is 20.8. The summed E-state index contributed by atoms with van der Waals surface area (Å²) in [5.41, 5.74) is 7.29. The van der Waals surface area contributed by atoms with E-state index in [0.717, 1.165) is 40.0 Å². The molecule has 4 aromatic rings. The number of carboxylic acid groups (broad SMARTS) is 1. The number of imidazole rings is 1. The molecule has 8 heteroatoms. The highest BCUT2D eigenvalue weighted by Gasteiger charge is 2.45. The highest BCUT2D eigenvalue weighted by molar-refractivity contribution is 5.97. The summed E-state index contributed by atoms with van der Waals surface area (Å²) in [5, 5.41) is 9.06. The van der Waals surface area contributed by atoms with E-state index >= 15 is 0 Å². The Morgan fingerprint density at radius 3 is 2.65 bits per heavy atom. The summed E-state index contributed by atoms with van der Waals surface area (Å²) >= 11 is 0. The van der Waals surface area contributed by atoms with Gasteiger partial charge in [0.2, 0.25) is 0 Å². The van der Waals surface area contributed by atoms with E-state index in [1.54, 1.807) is 18.1 Å². The van der Waals surface area contributed by atoms with Crippen molar-refractivity contribution in [2.75, 3.05) is 25.5 Å². The Balaban J connectivity index is 1.34. The van der Waals surface area contributed by atoms with Crippen LogP contribution in [0, 0.1) is 0 Å². The van der Waals surface area contributed by atoms with Gasteiger partial charge >= 0.3 is 5.97 Å². The number of aliphatic carboxylic acids is 1. The first kappa shape index (κ1) is 22.0. The molecule has 1 aliphatic carbocycles. The van der Waals surface area contributed by atoms with E-state index < -0.39 is 5.97 Å². The fourth-order valence-electron chi connectivity index (χ4n) is 6.14. The molecule has 1 N–H and O–H groups in total. The Kier molecular flexibility index (Phi) is 4.70. The number of fused-ring (bicyclic) bond motifs is 9. The average molecular weight is 494 g/mol. The van der Waals surface area contributed by atoms with E-state index in [4.69, 9.17) is 10.1 Å². The minimum Gasteiger partial charge on any atom is -0.480 e. The molecule has 3 aliphatic rings. The van der Waals surface area contributed by atoms with Crippen LogP contribution in [-0.4, -0.2) is 57.1 Å². The van der Waals surface area contributed by atoms with Crippen molar-refractivity contribution < 1.29 is 14.7 Å². The van der Waals surface area contributed by atoms with Gasteiger partial charge in [0.05, 0.1) is 23.1 Å². The summed E-state index contributed by atoms with van der Waals surface area (Å²) in [5.74, 6) is 1.30. The maximum Gasteiger partial charge on any atom is 0.323 e. The first-order valence-electron chi connectivity index (χ1n) is 12.7. The lowest BCUT2D eigenvalue weighted by molar-refractivity contribution is -0.135. The molecular formula is C29H27N5O3. The Morgan fingerprint density at radius 2 is 1.92 bits per heavy atom. The summed E-state index contributed by atoms with van der Waals surface area (Å²) in [7, 11) is 3.62. The SMILES string of the molecule is CN(CC(=O)O)c1ccc(-c2ccc3nc4n(c3c2)[C@@H]2C[C@H]4N(C)C(=O)c3cccc(C4CC4)c32)cn1. The third-order valence-electron chi connectivity index (χ3n) is 8.13. The number of hydrogen-bond acceptors (Lipinski definition) is 5. The number of carbonyl (C=O) groups is 2. The van der Waals surface area contributed by atoms with Gasteiger partial charge in [-0.2, -0.15) is 0 Å². The lowest BCUT2D eigenvalue weighted by Crippen LogP contribution is -2.30. The topological polar surface area (TPSA) is 91.6 Å². The van der Waals surface area contributed by atoms with E-state index in [1.165, 1.54) is 24.0 Å². The fraction of sp³-hybridized carbons (Fsp3) is 0.310. The molecule has 0 saturated heterocycles. The average Bonchev–Trinajstić information content (AvgIpc) is 3.60. The van der Waals surface area contributed by atoms with Crippen LogP contribution in [0.1, 0.15) is 64.6 Å². The van der Waals surface area contributed by atoms with Crippen molar-refractivity contribution in [2.24, 2.45) is 0 Å². The second-order valence-corrected chi connectivity index (χ2v) is 10.5. The molecule has 2 bridgehead atoms. The van der Waals surface area contributed by atoms with Gasteiger partial charge in [-0.05, 0) is 65.8 Å². The number of amides is 1. The van der Waals surface area contributed by atoms with Crippen molar-refractivity contribution in [2.45, 2.75) is 37.3 Å². The Bertz CT molecular complexity index is 1590. The standard InChI is InChI=1S/C29H27N5O3/c1-32(15-26(35)36)25-11-9-18(14-30-25)17-8-10-21-22(12-17)34-23-13-24(28(34)31-21)33(2)29(37)20-5-3-4-19(27(20)23)16-6-7-16/h3-5,8-12,14,16,23-24H,6-7,13,15H2,1-2H3,(H,35,36)/t23-,24-/m1/s1. The van der Waals surface area contributed by atoms with E-state index in [9.17, 15) is 9.59 Å². The normalized spacial score (nSPS) is 20.1. The van der Waals surface area contributed by atoms with E-state index in [-0.39, 0.29) is 24.5 Å². The van der Waals surface area contributed by atoms with Gasteiger partial charge in [-0.25, -0.2) is 9.97 Å². The molecule has 0 spiro atoms. The van der Waals surface area contributed by atoms with Crippen molar-refractivity contribution >= 4 is 28.7 Å². The fourth-order valence-corrected chi connectivity index (χ4v) is 6.14. The molecule has 2 aliphatic heterocycles. The van der Waals surface area contributed by atoms with Crippen LogP contribution in [0.15, 0.2) is 54.7 Å². The first-order chi connectivity index (χ1) is 17.9. The Hall–Kier alpha value is -4.20. The third kappa shape index (κ3) is 3.35. The highest BCUT2D eigenvalue weighted by atomic mass is 16.4. The number of likely N-dealkylation sites (N-methyl/N-ethyl adjacent to an activating group) is 1. The van der Waals surface area contributed by atoms with Crippen molar-refractivity contribution in [3.05, 3.63) is 77.2 Å². The molecule has 1 saturated carbocycles. The van der Waals surface area contributed by atoms with Gasteiger partial charge in [-0.15, -0.1) is 0 Å². The predicted molar refractivity (Wildman–Crippen MR) is 140 cm³/mol. The number of anilines is 1. The number of pyridine rings is 1. The van der Waals surface area contributed by atoms with E-state index in [0.29, 0.717) is 11.7 Å². The van der Waals surface area contributed by atoms with Gasteiger partial charge in [0.25, 0.3) is 5.91 Å². The maximum absolute atomic E-state index is 13.5. The predicted octanol–water partition coefficient (Wildman–Crippen LogP) is 4.62. The Labute approximate surface area is 214 Å². The lowest BCUT2D eigenvalue weighted by atomic mass is 9.91. The summed E-state index contributed by atoms with van der Waals surface area (Å²) in [6.45, 7) is -0.107. The lowest BCUT2D eigenvalue weighted by Gasteiger charge is -2.25. The minimum atomic E-state index is -0.895. The molecule has 7 rings (SSSR count). The monoisotopic (exact) mass is 493 g/mol. The zero-order chi connectivity index (χ0) is 25.4. The third-order valence-corrected chi connectivity index (χ3v) is 8.13. The van der Waals surface area contributed by atoms with Gasteiger partial charge in [0, 0.05) is 37.8 Å². The van der Waals surface area contributed by atoms with Crippen LogP contribution < -0.4 is 4.90 Å². The van der Waals surface area contributed by atoms with Gasteiger partial charge < -0.3 is 19.5 Å². The largest absolute Gasteiger partial charge is 0.480 e. The first-order valence-corrected chi connectivity index (χ1v) is 12.7. The molecule has 2 aromatic heterocycles. The molecule has 1 fully saturated rings. The van der Waals surface area contributed by atoms with E-state index in [1.807, 2.05) is 48.3 Å². The maximum atomic E-state index is 13.5. The minimum absolute atomic E-state index is 0.0569. The zero-order valence-corrected chi connectivity index (χ0v) is 20.8. The molecule has 2 atom stereocenters. The summed E-state index contributed by atoms with van der Waals surface area (Å²) < 4.78 is 2.36. The second-order valence-electron chi connectivity index (χ2n) is 10.5. The molecule has 1 amide bonds. The number of benzene rings is 2. The number of carbonyl (C=O) groups excluding carboxylic acids is 1. The van der Waals surface area contributed by atoms with Crippen LogP contribution >= 0.6 is 0 Å². The van der Waals surface area contributed by atoms with Crippen LogP contribution in [0.3, 0.4) is 0 Å². The molecule has 4 heterocycles. The molecule has 0 radical (unpaired) electrons. The molecule has 2 aromatic carbocycles. The van der Waals surface area contributed by atoms with Crippen LogP contribution in [0.5, 0.6) is 0 Å². The summed E-state index contributed by atoms with van der Waals surface area (Å²) in [6, 6.07) is 16.3. The number of rotatable bonds is 5. The van der Waals surface area contributed by atoms with Crippen LogP contribution in [0.2, 0.25) is 0 Å². The molecule has 8 nitrogen and oxygen atoms in total. The van der Waals surface area contributed by atoms with Crippen molar-refractivity contribution in [3.63, 3.8) is 0 Å². The van der Waals surface area contributed by atoms with Gasteiger partial charge in [0.1, 0.15) is 18.2 Å². The molecular weight excluding hydrogens is 466 g/mol.